The molecule has 7 nitrogen and oxygen atoms in total. The van der Waals surface area contributed by atoms with Gasteiger partial charge in [0.2, 0.25) is 11.8 Å². The van der Waals surface area contributed by atoms with E-state index in [1.165, 1.54) is 9.47 Å². The summed E-state index contributed by atoms with van der Waals surface area (Å²) in [6.45, 7) is 3.93. The Labute approximate surface area is 170 Å². The number of carbonyl (C=O) groups excluding carboxylic acids is 2. The molecule has 0 bridgehead atoms. The molecule has 0 N–H and O–H groups in total. The lowest BCUT2D eigenvalue weighted by Gasteiger charge is -2.23. The Bertz CT molecular complexity index is 979. The maximum absolute atomic E-state index is 13.2. The summed E-state index contributed by atoms with van der Waals surface area (Å²) in [5.74, 6) is 0.499. The molecule has 2 amide bonds. The molecule has 29 heavy (non-hydrogen) atoms. The second kappa shape index (κ2) is 8.11. The van der Waals surface area contributed by atoms with Crippen LogP contribution < -0.4 is 15.2 Å². The summed E-state index contributed by atoms with van der Waals surface area (Å²) in [6.07, 6.45) is 1.96. The molecular formula is C22H27N3O4. The van der Waals surface area contributed by atoms with Crippen molar-refractivity contribution >= 4 is 17.5 Å². The summed E-state index contributed by atoms with van der Waals surface area (Å²) in [5, 5.41) is 0. The average Bonchev–Trinajstić information content (AvgIpc) is 3.08. The van der Waals surface area contributed by atoms with Gasteiger partial charge in [-0.2, -0.15) is 0 Å². The van der Waals surface area contributed by atoms with Gasteiger partial charge in [0.05, 0.1) is 7.11 Å². The fourth-order valence-corrected chi connectivity index (χ4v) is 3.78. The van der Waals surface area contributed by atoms with Crippen LogP contribution in [0.2, 0.25) is 0 Å². The number of benzene rings is 1. The second-order valence-electron chi connectivity index (χ2n) is 7.65. The van der Waals surface area contributed by atoms with Crippen LogP contribution in [-0.2, 0) is 9.59 Å². The van der Waals surface area contributed by atoms with Gasteiger partial charge in [0.15, 0.2) is 0 Å². The second-order valence-corrected chi connectivity index (χ2v) is 7.65. The van der Waals surface area contributed by atoms with Crippen molar-refractivity contribution in [1.82, 2.24) is 9.47 Å². The van der Waals surface area contributed by atoms with E-state index in [0.717, 1.165) is 16.9 Å². The van der Waals surface area contributed by atoms with E-state index in [-0.39, 0.29) is 23.3 Å². The Balaban J connectivity index is 1.93. The highest BCUT2D eigenvalue weighted by Crippen LogP contribution is 2.32. The molecule has 154 valence electrons. The van der Waals surface area contributed by atoms with Crippen LogP contribution in [0.25, 0.3) is 0 Å². The molecular weight excluding hydrogens is 370 g/mol. The fourth-order valence-electron chi connectivity index (χ4n) is 3.78. The Morgan fingerprint density at radius 1 is 1.17 bits per heavy atom. The monoisotopic (exact) mass is 397 g/mol. The third-order valence-electron chi connectivity index (χ3n) is 5.49. The largest absolute Gasteiger partial charge is 0.497 e. The van der Waals surface area contributed by atoms with E-state index in [4.69, 9.17) is 4.74 Å². The van der Waals surface area contributed by atoms with Crippen molar-refractivity contribution in [2.24, 2.45) is 0 Å². The number of amides is 2. The third kappa shape index (κ3) is 3.90. The number of pyridine rings is 1. The summed E-state index contributed by atoms with van der Waals surface area (Å²) in [4.78, 5) is 41.3. The maximum Gasteiger partial charge on any atom is 0.275 e. The summed E-state index contributed by atoms with van der Waals surface area (Å²) < 4.78 is 6.60. The van der Waals surface area contributed by atoms with Gasteiger partial charge in [0, 0.05) is 39.2 Å². The molecule has 0 saturated carbocycles. The van der Waals surface area contributed by atoms with Crippen molar-refractivity contribution in [3.63, 3.8) is 0 Å². The molecule has 0 spiro atoms. The van der Waals surface area contributed by atoms with E-state index in [0.29, 0.717) is 18.7 Å². The van der Waals surface area contributed by atoms with E-state index >= 15 is 0 Å². The molecule has 1 aliphatic rings. The first kappa shape index (κ1) is 20.6. The van der Waals surface area contributed by atoms with Crippen molar-refractivity contribution in [3.8, 4) is 5.75 Å². The zero-order valence-electron chi connectivity index (χ0n) is 17.5. The number of nitrogens with zero attached hydrogens (tertiary/aromatic N) is 3. The van der Waals surface area contributed by atoms with Crippen LogP contribution in [0.15, 0.2) is 41.3 Å². The first-order chi connectivity index (χ1) is 13.7. The third-order valence-corrected chi connectivity index (χ3v) is 5.49. The fraction of sp³-hybridized carbons (Fsp3) is 0.409. The van der Waals surface area contributed by atoms with E-state index in [1.54, 1.807) is 45.3 Å². The molecule has 1 unspecified atom stereocenters. The Morgan fingerprint density at radius 2 is 1.83 bits per heavy atom. The molecule has 2 heterocycles. The van der Waals surface area contributed by atoms with Gasteiger partial charge in [-0.1, -0.05) is 12.1 Å². The molecule has 2 aromatic rings. The number of anilines is 1. The van der Waals surface area contributed by atoms with Crippen molar-refractivity contribution in [3.05, 3.63) is 58.0 Å². The Kier molecular flexibility index (Phi) is 5.77. The lowest BCUT2D eigenvalue weighted by atomic mass is 9.98. The smallest absolute Gasteiger partial charge is 0.275 e. The Morgan fingerprint density at radius 3 is 2.41 bits per heavy atom. The highest BCUT2D eigenvalue weighted by molar-refractivity contribution is 5.97. The first-order valence-electron chi connectivity index (χ1n) is 9.61. The minimum absolute atomic E-state index is 0.00157. The van der Waals surface area contributed by atoms with E-state index < -0.39 is 6.04 Å². The number of methoxy groups -OCH3 is 1. The van der Waals surface area contributed by atoms with Gasteiger partial charge in [-0.05, 0) is 43.2 Å². The number of aromatic nitrogens is 1. The highest BCUT2D eigenvalue weighted by Gasteiger charge is 2.34. The molecule has 3 rings (SSSR count). The zero-order valence-corrected chi connectivity index (χ0v) is 17.5. The lowest BCUT2D eigenvalue weighted by Crippen LogP contribution is -2.39. The van der Waals surface area contributed by atoms with E-state index in [2.05, 4.69) is 0 Å². The van der Waals surface area contributed by atoms with Crippen LogP contribution in [0, 0.1) is 6.92 Å². The van der Waals surface area contributed by atoms with Crippen molar-refractivity contribution < 1.29 is 14.3 Å². The van der Waals surface area contributed by atoms with Gasteiger partial charge in [0.25, 0.3) is 5.56 Å². The summed E-state index contributed by atoms with van der Waals surface area (Å²) >= 11 is 0. The molecule has 1 aliphatic heterocycles. The minimum atomic E-state index is -0.646. The summed E-state index contributed by atoms with van der Waals surface area (Å²) in [6, 6.07) is 8.79. The molecule has 2 atom stereocenters. The lowest BCUT2D eigenvalue weighted by molar-refractivity contribution is -0.131. The van der Waals surface area contributed by atoms with Gasteiger partial charge in [-0.3, -0.25) is 14.4 Å². The number of hydrogen-bond donors (Lipinski definition) is 0. The Hall–Kier alpha value is -3.09. The van der Waals surface area contributed by atoms with Crippen LogP contribution in [0.4, 0.5) is 5.69 Å². The van der Waals surface area contributed by atoms with Crippen LogP contribution >= 0.6 is 0 Å². The number of likely N-dealkylation sites (N-methyl/N-ethyl adjacent to an activating group) is 1. The van der Waals surface area contributed by atoms with Crippen LogP contribution in [0.3, 0.4) is 0 Å². The highest BCUT2D eigenvalue weighted by atomic mass is 16.5. The summed E-state index contributed by atoms with van der Waals surface area (Å²) in [5.41, 5.74) is 1.79. The van der Waals surface area contributed by atoms with Gasteiger partial charge in [-0.15, -0.1) is 0 Å². The normalized spacial score (nSPS) is 17.3. The van der Waals surface area contributed by atoms with Crippen LogP contribution in [0.1, 0.15) is 36.4 Å². The number of rotatable bonds is 5. The molecule has 7 heteroatoms. The van der Waals surface area contributed by atoms with E-state index in [1.807, 2.05) is 31.2 Å². The van der Waals surface area contributed by atoms with Crippen molar-refractivity contribution in [1.29, 1.82) is 0 Å². The minimum Gasteiger partial charge on any atom is -0.497 e. The molecule has 0 aliphatic carbocycles. The average molecular weight is 397 g/mol. The number of ether oxygens (including phenoxy) is 1. The van der Waals surface area contributed by atoms with Crippen molar-refractivity contribution in [2.45, 2.75) is 32.2 Å². The van der Waals surface area contributed by atoms with Gasteiger partial charge in [-0.25, -0.2) is 0 Å². The number of carbonyl (C=O) groups is 2. The predicted octanol–water partition coefficient (Wildman–Crippen LogP) is 2.34. The van der Waals surface area contributed by atoms with Crippen molar-refractivity contribution in [2.75, 3.05) is 32.6 Å². The number of hydrogen-bond acceptors (Lipinski definition) is 4. The van der Waals surface area contributed by atoms with Gasteiger partial charge in [0.1, 0.15) is 17.5 Å². The molecule has 1 aromatic heterocycles. The quantitative estimate of drug-likeness (QED) is 0.776. The molecule has 1 saturated heterocycles. The standard InChI is InChI=1S/C22H27N3O4/c1-14-10-11-24(15(2)21(27)23(3)4)22(28)20(14)25-13-17(12-19(25)26)16-6-8-18(29-5)9-7-16/h6-11,15,17H,12-13H2,1-5H3/t15?,17-/m0/s1. The molecule has 1 aromatic carbocycles. The molecule has 1 fully saturated rings. The zero-order chi connectivity index (χ0) is 21.3. The maximum atomic E-state index is 13.2. The van der Waals surface area contributed by atoms with Crippen LogP contribution in [0.5, 0.6) is 5.75 Å². The van der Waals surface area contributed by atoms with E-state index in [9.17, 15) is 14.4 Å². The van der Waals surface area contributed by atoms with Crippen LogP contribution in [-0.4, -0.2) is 49.0 Å². The summed E-state index contributed by atoms with van der Waals surface area (Å²) in [7, 11) is 4.92. The number of aryl methyl sites for hydroxylation is 1. The van der Waals surface area contributed by atoms with Gasteiger partial charge < -0.3 is 19.1 Å². The molecule has 0 radical (unpaired) electrons. The SMILES string of the molecule is COc1ccc([C@H]2CC(=O)N(c3c(C)ccn(C(C)C(=O)N(C)C)c3=O)C2)cc1. The topological polar surface area (TPSA) is 71.8 Å². The van der Waals surface area contributed by atoms with Gasteiger partial charge >= 0.3 is 0 Å². The first-order valence-corrected chi connectivity index (χ1v) is 9.61. The predicted molar refractivity (Wildman–Crippen MR) is 112 cm³/mol.